The Morgan fingerprint density at radius 3 is 2.50 bits per heavy atom. The molecule has 1 heterocycles. The zero-order valence-electron chi connectivity index (χ0n) is 17.4. The number of sulfonamides is 1. The van der Waals surface area contributed by atoms with Gasteiger partial charge >= 0.3 is 5.97 Å². The van der Waals surface area contributed by atoms with E-state index in [1.807, 2.05) is 6.92 Å². The summed E-state index contributed by atoms with van der Waals surface area (Å²) in [6.45, 7) is 1.67. The molecule has 0 saturated carbocycles. The van der Waals surface area contributed by atoms with Gasteiger partial charge in [-0.1, -0.05) is 44.0 Å². The third-order valence-electron chi connectivity index (χ3n) is 5.45. The first-order chi connectivity index (χ1) is 15.1. The topological polar surface area (TPSA) is 104 Å². The predicted molar refractivity (Wildman–Crippen MR) is 112 cm³/mol. The maximum Gasteiger partial charge on any atom is 0.326 e. The molecule has 7 nitrogen and oxygen atoms in total. The van der Waals surface area contributed by atoms with Gasteiger partial charge in [-0.05, 0) is 36.1 Å². The second kappa shape index (κ2) is 9.74. The number of carbonyl (C=O) groups excluding carboxylic acids is 1. The van der Waals surface area contributed by atoms with Crippen LogP contribution in [0.3, 0.4) is 0 Å². The van der Waals surface area contributed by atoms with E-state index in [1.54, 1.807) is 24.3 Å². The highest BCUT2D eigenvalue weighted by molar-refractivity contribution is 7.89. The number of halogens is 2. The van der Waals surface area contributed by atoms with E-state index in [1.165, 1.54) is 0 Å². The maximum atomic E-state index is 14.4. The van der Waals surface area contributed by atoms with Crippen LogP contribution in [-0.2, 0) is 32.6 Å². The Balaban J connectivity index is 1.99. The lowest BCUT2D eigenvalue weighted by molar-refractivity contribution is -0.142. The molecule has 1 aliphatic rings. The summed E-state index contributed by atoms with van der Waals surface area (Å²) in [5, 5.41) is 11.9. The number of unbranched alkanes of at least 4 members (excludes halogenated alkanes) is 1. The highest BCUT2D eigenvalue weighted by atomic mass is 32.2. The third-order valence-corrected chi connectivity index (χ3v) is 7.34. The van der Waals surface area contributed by atoms with E-state index in [-0.39, 0.29) is 19.4 Å². The van der Waals surface area contributed by atoms with Crippen molar-refractivity contribution in [3.8, 4) is 0 Å². The highest BCUT2D eigenvalue weighted by Gasteiger charge is 2.41. The number of rotatable bonds is 8. The monoisotopic (exact) mass is 466 g/mol. The molecule has 32 heavy (non-hydrogen) atoms. The minimum absolute atomic E-state index is 0.00975. The fraction of sp³-hybridized carbons (Fsp3) is 0.364. The number of benzene rings is 2. The summed E-state index contributed by atoms with van der Waals surface area (Å²) < 4.78 is 55.1. The second-order valence-electron chi connectivity index (χ2n) is 7.66. The average Bonchev–Trinajstić information content (AvgIpc) is 2.75. The Morgan fingerprint density at radius 1 is 1.19 bits per heavy atom. The standard InChI is InChI=1S/C22H24F2N2O5S/c1-2-3-8-18(22(28)29)25-21(27)19-11-14-6-4-5-7-15(14)13-26(19)32(30,31)20-10-9-16(23)12-17(20)24/h4-7,9-10,12,18-19H,2-3,8,11,13H2,1H3,(H,25,27)(H,28,29)/t18?,19-/m0/s1. The van der Waals surface area contributed by atoms with Crippen molar-refractivity contribution >= 4 is 21.9 Å². The van der Waals surface area contributed by atoms with Gasteiger partial charge < -0.3 is 10.4 Å². The second-order valence-corrected chi connectivity index (χ2v) is 9.51. The normalized spacial score (nSPS) is 17.4. The van der Waals surface area contributed by atoms with E-state index in [0.29, 0.717) is 18.1 Å². The van der Waals surface area contributed by atoms with E-state index in [9.17, 15) is 31.9 Å². The average molecular weight is 467 g/mol. The van der Waals surface area contributed by atoms with Crippen LogP contribution in [0.25, 0.3) is 0 Å². The Hall–Kier alpha value is -2.85. The zero-order valence-corrected chi connectivity index (χ0v) is 18.2. The van der Waals surface area contributed by atoms with Crippen LogP contribution < -0.4 is 5.32 Å². The molecule has 2 N–H and O–H groups in total. The molecule has 2 aromatic carbocycles. The molecule has 0 aliphatic carbocycles. The van der Waals surface area contributed by atoms with Gasteiger partial charge in [-0.15, -0.1) is 0 Å². The molecular formula is C22H24F2N2O5S. The zero-order chi connectivity index (χ0) is 23.5. The van der Waals surface area contributed by atoms with Gasteiger partial charge in [0.25, 0.3) is 0 Å². The maximum absolute atomic E-state index is 14.4. The number of carboxylic acids is 1. The van der Waals surface area contributed by atoms with Gasteiger partial charge in [-0.25, -0.2) is 22.0 Å². The Labute approximate surface area is 185 Å². The van der Waals surface area contributed by atoms with Crippen molar-refractivity contribution in [1.82, 2.24) is 9.62 Å². The first-order valence-corrected chi connectivity index (χ1v) is 11.7. The predicted octanol–water partition coefficient (Wildman–Crippen LogP) is 2.84. The molecule has 10 heteroatoms. The van der Waals surface area contributed by atoms with Crippen molar-refractivity contribution in [2.45, 2.75) is 56.1 Å². The third kappa shape index (κ3) is 4.97. The molecule has 2 atom stereocenters. The van der Waals surface area contributed by atoms with Crippen LogP contribution in [0, 0.1) is 11.6 Å². The van der Waals surface area contributed by atoms with Crippen LogP contribution >= 0.6 is 0 Å². The molecule has 2 aromatic rings. The van der Waals surface area contributed by atoms with Gasteiger partial charge in [0, 0.05) is 12.6 Å². The molecule has 0 bridgehead atoms. The van der Waals surface area contributed by atoms with Crippen LogP contribution in [-0.4, -0.2) is 41.8 Å². The molecular weight excluding hydrogens is 442 g/mol. The van der Waals surface area contributed by atoms with Crippen molar-refractivity contribution in [2.24, 2.45) is 0 Å². The number of carboxylic acid groups (broad SMARTS) is 1. The fourth-order valence-electron chi connectivity index (χ4n) is 3.72. The number of nitrogens with zero attached hydrogens (tertiary/aromatic N) is 1. The highest BCUT2D eigenvalue weighted by Crippen LogP contribution is 2.30. The summed E-state index contributed by atoms with van der Waals surface area (Å²) in [4.78, 5) is 23.9. The summed E-state index contributed by atoms with van der Waals surface area (Å²) in [7, 11) is -4.54. The summed E-state index contributed by atoms with van der Waals surface area (Å²) in [5.74, 6) is -4.20. The lowest BCUT2D eigenvalue weighted by atomic mass is 9.95. The number of fused-ring (bicyclic) bond motifs is 1. The SMILES string of the molecule is CCCCC(NC(=O)[C@@H]1Cc2ccccc2CN1S(=O)(=O)c1ccc(F)cc1F)C(=O)O. The van der Waals surface area contributed by atoms with Crippen LogP contribution in [0.4, 0.5) is 8.78 Å². The Bertz CT molecular complexity index is 1120. The first-order valence-electron chi connectivity index (χ1n) is 10.2. The van der Waals surface area contributed by atoms with Crippen molar-refractivity contribution in [3.05, 3.63) is 65.2 Å². The van der Waals surface area contributed by atoms with Crippen molar-refractivity contribution in [1.29, 1.82) is 0 Å². The molecule has 1 aliphatic heterocycles. The van der Waals surface area contributed by atoms with Gasteiger partial charge in [-0.2, -0.15) is 4.31 Å². The van der Waals surface area contributed by atoms with Gasteiger partial charge in [0.05, 0.1) is 0 Å². The van der Waals surface area contributed by atoms with Crippen LogP contribution in [0.15, 0.2) is 47.4 Å². The molecule has 0 radical (unpaired) electrons. The lowest BCUT2D eigenvalue weighted by Crippen LogP contribution is -2.55. The lowest BCUT2D eigenvalue weighted by Gasteiger charge is -2.35. The minimum Gasteiger partial charge on any atom is -0.480 e. The number of hydrogen-bond acceptors (Lipinski definition) is 4. The van der Waals surface area contributed by atoms with Crippen LogP contribution in [0.5, 0.6) is 0 Å². The summed E-state index contributed by atoms with van der Waals surface area (Å²) >= 11 is 0. The molecule has 0 aromatic heterocycles. The number of amides is 1. The minimum atomic E-state index is -4.54. The van der Waals surface area contributed by atoms with Gasteiger partial charge in [-0.3, -0.25) is 4.79 Å². The van der Waals surface area contributed by atoms with Gasteiger partial charge in [0.2, 0.25) is 15.9 Å². The Kier molecular flexibility index (Phi) is 7.25. The molecule has 1 unspecified atom stereocenters. The smallest absolute Gasteiger partial charge is 0.326 e. The molecule has 0 saturated heterocycles. The summed E-state index contributed by atoms with van der Waals surface area (Å²) in [6.07, 6.45) is 1.47. The number of aliphatic carboxylic acids is 1. The quantitative estimate of drug-likeness (QED) is 0.623. The molecule has 0 fully saturated rings. The van der Waals surface area contributed by atoms with Crippen LogP contribution in [0.2, 0.25) is 0 Å². The number of hydrogen-bond donors (Lipinski definition) is 2. The van der Waals surface area contributed by atoms with E-state index < -0.39 is 50.5 Å². The molecule has 1 amide bonds. The van der Waals surface area contributed by atoms with E-state index in [2.05, 4.69) is 5.32 Å². The molecule has 0 spiro atoms. The first kappa shape index (κ1) is 23.8. The summed E-state index contributed by atoms with van der Waals surface area (Å²) in [6, 6.07) is 6.57. The largest absolute Gasteiger partial charge is 0.480 e. The van der Waals surface area contributed by atoms with Gasteiger partial charge in [0.1, 0.15) is 28.6 Å². The van der Waals surface area contributed by atoms with E-state index >= 15 is 0 Å². The fourth-order valence-corrected chi connectivity index (χ4v) is 5.33. The van der Waals surface area contributed by atoms with E-state index in [4.69, 9.17) is 0 Å². The number of carbonyl (C=O) groups is 2. The van der Waals surface area contributed by atoms with Crippen molar-refractivity contribution < 1.29 is 31.9 Å². The molecule has 172 valence electrons. The van der Waals surface area contributed by atoms with Crippen LogP contribution in [0.1, 0.15) is 37.3 Å². The van der Waals surface area contributed by atoms with E-state index in [0.717, 1.165) is 28.4 Å². The Morgan fingerprint density at radius 2 is 1.88 bits per heavy atom. The van der Waals surface area contributed by atoms with Crippen molar-refractivity contribution in [2.75, 3.05) is 0 Å². The van der Waals surface area contributed by atoms with Gasteiger partial charge in [0.15, 0.2) is 0 Å². The van der Waals surface area contributed by atoms with Crippen molar-refractivity contribution in [3.63, 3.8) is 0 Å². The summed E-state index contributed by atoms with van der Waals surface area (Å²) in [5.41, 5.74) is 1.38. The number of nitrogens with one attached hydrogen (secondary N) is 1. The molecule has 3 rings (SSSR count).